The highest BCUT2D eigenvalue weighted by atomic mass is 32.1. The summed E-state index contributed by atoms with van der Waals surface area (Å²) in [6, 6.07) is 10.5. The predicted molar refractivity (Wildman–Crippen MR) is 154 cm³/mol. The number of likely N-dealkylation sites (tertiary alicyclic amines) is 2. The minimum atomic E-state index is 0.0167. The Balaban J connectivity index is 1.39. The predicted octanol–water partition coefficient (Wildman–Crippen LogP) is 5.57. The highest BCUT2D eigenvalue weighted by molar-refractivity contribution is 7.13. The smallest absolute Gasteiger partial charge is 0.270 e. The number of nitrogens with zero attached hydrogens (tertiary/aromatic N) is 3. The van der Waals surface area contributed by atoms with Crippen molar-refractivity contribution in [3.8, 4) is 33.2 Å². The number of fused-ring (bicyclic) bond motifs is 4. The molecule has 2 fully saturated rings. The van der Waals surface area contributed by atoms with Gasteiger partial charge in [0.1, 0.15) is 5.69 Å². The van der Waals surface area contributed by atoms with Crippen LogP contribution in [0.15, 0.2) is 35.7 Å². The lowest BCUT2D eigenvalue weighted by atomic mass is 9.93. The summed E-state index contributed by atoms with van der Waals surface area (Å²) in [5.41, 5.74) is 5.23. The van der Waals surface area contributed by atoms with E-state index in [1.807, 2.05) is 23.6 Å². The topological polar surface area (TPSA) is 64.0 Å². The van der Waals surface area contributed by atoms with Gasteiger partial charge in [-0.1, -0.05) is 6.07 Å². The Kier molecular flexibility index (Phi) is 6.91. The molecule has 2 amide bonds. The van der Waals surface area contributed by atoms with Crippen LogP contribution in [-0.4, -0.2) is 65.6 Å². The Morgan fingerprint density at radius 1 is 1.00 bits per heavy atom. The number of thiophene rings is 1. The van der Waals surface area contributed by atoms with Gasteiger partial charge in [0.25, 0.3) is 5.91 Å². The molecule has 2 atom stereocenters. The largest absolute Gasteiger partial charge is 0.493 e. The van der Waals surface area contributed by atoms with Crippen molar-refractivity contribution < 1.29 is 19.1 Å². The second kappa shape index (κ2) is 10.4. The molecule has 0 bridgehead atoms. The molecule has 0 saturated carbocycles. The van der Waals surface area contributed by atoms with Crippen molar-refractivity contribution in [1.29, 1.82) is 0 Å². The molecule has 2 unspecified atom stereocenters. The molecule has 0 spiro atoms. The summed E-state index contributed by atoms with van der Waals surface area (Å²) >= 11 is 1.69. The maximum atomic E-state index is 14.2. The van der Waals surface area contributed by atoms with Crippen molar-refractivity contribution in [2.75, 3.05) is 33.3 Å². The molecule has 1 aromatic carbocycles. The fourth-order valence-corrected chi connectivity index (χ4v) is 7.38. The van der Waals surface area contributed by atoms with Gasteiger partial charge >= 0.3 is 0 Å². The highest BCUT2D eigenvalue weighted by Gasteiger charge is 2.39. The number of hydrogen-bond donors (Lipinski definition) is 0. The Hall–Kier alpha value is -3.26. The van der Waals surface area contributed by atoms with Crippen LogP contribution in [0.2, 0.25) is 0 Å². The van der Waals surface area contributed by atoms with E-state index in [1.165, 1.54) is 5.56 Å². The summed E-state index contributed by atoms with van der Waals surface area (Å²) < 4.78 is 14.0. The number of amides is 2. The van der Waals surface area contributed by atoms with Crippen LogP contribution in [0.3, 0.4) is 0 Å². The van der Waals surface area contributed by atoms with E-state index in [2.05, 4.69) is 40.3 Å². The average Bonchev–Trinajstić information content (AvgIpc) is 3.63. The maximum absolute atomic E-state index is 14.2. The molecule has 3 aliphatic rings. The van der Waals surface area contributed by atoms with E-state index in [9.17, 15) is 9.59 Å². The van der Waals surface area contributed by atoms with Crippen LogP contribution in [0.5, 0.6) is 11.5 Å². The van der Waals surface area contributed by atoms with Crippen LogP contribution in [0.1, 0.15) is 49.7 Å². The quantitative estimate of drug-likeness (QED) is 0.419. The standard InChI is InChI=1S/C31H37N3O4S/c1-19(2)38-28-15-24-21(13-27(28)37-4)9-11-34-26(14-25(30(24)34)29-8-6-12-39-29)31(36)33-16-22-7-5-10-32(20(3)35)17-23(22)18-33/h6,8,12-15,19,22-23H,5,7,9-11,16-18H2,1-4H3. The number of carbonyl (C=O) groups excluding carboxylic acids is 2. The van der Waals surface area contributed by atoms with E-state index in [4.69, 9.17) is 9.47 Å². The summed E-state index contributed by atoms with van der Waals surface area (Å²) in [6.07, 6.45) is 2.91. The van der Waals surface area contributed by atoms with E-state index in [0.717, 1.165) is 84.3 Å². The third-order valence-corrected chi connectivity index (χ3v) is 9.38. The minimum absolute atomic E-state index is 0.0167. The molecule has 0 N–H and O–H groups in total. The van der Waals surface area contributed by atoms with Gasteiger partial charge in [0, 0.05) is 55.7 Å². The molecule has 2 saturated heterocycles. The van der Waals surface area contributed by atoms with E-state index < -0.39 is 0 Å². The van der Waals surface area contributed by atoms with Crippen LogP contribution >= 0.6 is 11.3 Å². The van der Waals surface area contributed by atoms with Crippen molar-refractivity contribution in [2.45, 2.75) is 52.7 Å². The second-order valence-corrected chi connectivity index (χ2v) is 12.3. The molecular weight excluding hydrogens is 510 g/mol. The zero-order valence-corrected chi connectivity index (χ0v) is 24.1. The third-order valence-electron chi connectivity index (χ3n) is 8.48. The zero-order chi connectivity index (χ0) is 27.3. The fraction of sp³-hybridized carbons (Fsp3) is 0.484. The number of ether oxygens (including phenoxy) is 2. The molecule has 8 heteroatoms. The summed E-state index contributed by atoms with van der Waals surface area (Å²) in [7, 11) is 1.68. The average molecular weight is 548 g/mol. The van der Waals surface area contributed by atoms with Crippen LogP contribution in [-0.2, 0) is 17.8 Å². The minimum Gasteiger partial charge on any atom is -0.493 e. The molecule has 0 aliphatic carbocycles. The Labute approximate surface area is 234 Å². The van der Waals surface area contributed by atoms with Crippen molar-refractivity contribution >= 4 is 23.2 Å². The second-order valence-electron chi connectivity index (χ2n) is 11.3. The van der Waals surface area contributed by atoms with Crippen LogP contribution < -0.4 is 9.47 Å². The molecule has 3 aromatic rings. The van der Waals surface area contributed by atoms with Gasteiger partial charge in [-0.25, -0.2) is 0 Å². The van der Waals surface area contributed by atoms with E-state index >= 15 is 0 Å². The van der Waals surface area contributed by atoms with Gasteiger partial charge in [0.15, 0.2) is 11.5 Å². The number of rotatable bonds is 5. The first kappa shape index (κ1) is 26.0. The molecule has 0 radical (unpaired) electrons. The molecule has 3 aliphatic heterocycles. The molecule has 5 heterocycles. The lowest BCUT2D eigenvalue weighted by Crippen LogP contribution is -2.36. The summed E-state index contributed by atoms with van der Waals surface area (Å²) in [5, 5.41) is 2.08. The monoisotopic (exact) mass is 547 g/mol. The number of benzene rings is 1. The van der Waals surface area contributed by atoms with Gasteiger partial charge in [-0.05, 0) is 80.2 Å². The van der Waals surface area contributed by atoms with Gasteiger partial charge < -0.3 is 23.8 Å². The highest BCUT2D eigenvalue weighted by Crippen LogP contribution is 2.46. The first-order valence-electron chi connectivity index (χ1n) is 14.0. The van der Waals surface area contributed by atoms with Crippen LogP contribution in [0, 0.1) is 11.8 Å². The number of methoxy groups -OCH3 is 1. The number of carbonyl (C=O) groups is 2. The normalized spacial score (nSPS) is 20.3. The van der Waals surface area contributed by atoms with E-state index in [-0.39, 0.29) is 17.9 Å². The number of aryl methyl sites for hydroxylation is 1. The van der Waals surface area contributed by atoms with Gasteiger partial charge in [-0.2, -0.15) is 0 Å². The van der Waals surface area contributed by atoms with Crippen molar-refractivity contribution in [3.63, 3.8) is 0 Å². The van der Waals surface area contributed by atoms with Crippen molar-refractivity contribution in [1.82, 2.24) is 14.4 Å². The first-order chi connectivity index (χ1) is 18.8. The number of aromatic nitrogens is 1. The molecule has 7 nitrogen and oxygen atoms in total. The van der Waals surface area contributed by atoms with Gasteiger partial charge in [0.2, 0.25) is 5.91 Å². The van der Waals surface area contributed by atoms with Crippen molar-refractivity contribution in [2.24, 2.45) is 11.8 Å². The van der Waals surface area contributed by atoms with Crippen molar-refractivity contribution in [3.05, 3.63) is 47.0 Å². The van der Waals surface area contributed by atoms with Crippen LogP contribution in [0.25, 0.3) is 21.7 Å². The maximum Gasteiger partial charge on any atom is 0.270 e. The van der Waals surface area contributed by atoms with E-state index in [0.29, 0.717) is 18.4 Å². The summed E-state index contributed by atoms with van der Waals surface area (Å²) in [5.74, 6) is 2.49. The SMILES string of the molecule is COc1cc2c(cc1OC(C)C)-c1c(-c3cccs3)cc(C(=O)N3CC4CCCN(C(C)=O)CC4C3)n1CC2. The first-order valence-corrected chi connectivity index (χ1v) is 14.9. The Bertz CT molecular complexity index is 1390. The van der Waals surface area contributed by atoms with Gasteiger partial charge in [0.05, 0.1) is 18.9 Å². The molecule has 206 valence electrons. The van der Waals surface area contributed by atoms with Crippen LogP contribution in [0.4, 0.5) is 0 Å². The zero-order valence-electron chi connectivity index (χ0n) is 23.2. The van der Waals surface area contributed by atoms with Gasteiger partial charge in [-0.15, -0.1) is 11.3 Å². The molecule has 2 aromatic heterocycles. The lowest BCUT2D eigenvalue weighted by Gasteiger charge is -2.26. The van der Waals surface area contributed by atoms with Gasteiger partial charge in [-0.3, -0.25) is 9.59 Å². The number of hydrogen-bond acceptors (Lipinski definition) is 5. The fourth-order valence-electron chi connectivity index (χ4n) is 6.64. The summed E-state index contributed by atoms with van der Waals surface area (Å²) in [6.45, 7) is 9.49. The molecular formula is C31H37N3O4S. The molecule has 6 rings (SSSR count). The summed E-state index contributed by atoms with van der Waals surface area (Å²) in [4.78, 5) is 31.4. The Morgan fingerprint density at radius 3 is 2.51 bits per heavy atom. The Morgan fingerprint density at radius 2 is 1.79 bits per heavy atom. The van der Waals surface area contributed by atoms with E-state index in [1.54, 1.807) is 25.4 Å². The third kappa shape index (κ3) is 4.73. The lowest BCUT2D eigenvalue weighted by molar-refractivity contribution is -0.129. The molecule has 39 heavy (non-hydrogen) atoms.